The summed E-state index contributed by atoms with van der Waals surface area (Å²) in [5.74, 6) is -0.0860. The van der Waals surface area contributed by atoms with Gasteiger partial charge in [-0.25, -0.2) is 0 Å². The van der Waals surface area contributed by atoms with Crippen molar-refractivity contribution in [3.63, 3.8) is 0 Å². The van der Waals surface area contributed by atoms with Gasteiger partial charge in [-0.15, -0.1) is 0 Å². The third-order valence-corrected chi connectivity index (χ3v) is 2.42. The van der Waals surface area contributed by atoms with Crippen LogP contribution in [0, 0.1) is 11.3 Å². The first-order valence-corrected chi connectivity index (χ1v) is 5.39. The lowest BCUT2D eigenvalue weighted by Gasteiger charge is -2.07. The van der Waals surface area contributed by atoms with Crippen molar-refractivity contribution in [3.8, 4) is 6.07 Å². The van der Waals surface area contributed by atoms with E-state index >= 15 is 0 Å². The molecule has 0 saturated carbocycles. The van der Waals surface area contributed by atoms with Gasteiger partial charge in [-0.3, -0.25) is 4.98 Å². The van der Waals surface area contributed by atoms with Crippen molar-refractivity contribution in [1.29, 1.82) is 5.26 Å². The molecule has 0 bridgehead atoms. The van der Waals surface area contributed by atoms with E-state index in [9.17, 15) is 0 Å². The first kappa shape index (κ1) is 11.5. The van der Waals surface area contributed by atoms with Crippen molar-refractivity contribution < 1.29 is 0 Å². The summed E-state index contributed by atoms with van der Waals surface area (Å²) in [6.45, 7) is 2.16. The molecule has 3 nitrogen and oxygen atoms in total. The number of nitrogens with two attached hydrogens (primary N) is 1. The maximum absolute atomic E-state index is 9.03. The molecule has 1 heterocycles. The lowest BCUT2D eigenvalue weighted by Crippen LogP contribution is -1.99. The average molecular weight is 203 g/mol. The Labute approximate surface area is 90.9 Å². The topological polar surface area (TPSA) is 62.7 Å². The Kier molecular flexibility index (Phi) is 4.62. The SMILES string of the molecule is CCCCCC(C#N)c1ccc(N)cn1. The number of hydrogen-bond acceptors (Lipinski definition) is 3. The van der Waals surface area contributed by atoms with E-state index in [1.54, 1.807) is 12.3 Å². The summed E-state index contributed by atoms with van der Waals surface area (Å²) in [5.41, 5.74) is 7.02. The molecule has 2 N–H and O–H groups in total. The van der Waals surface area contributed by atoms with E-state index < -0.39 is 0 Å². The van der Waals surface area contributed by atoms with Gasteiger partial charge in [-0.05, 0) is 18.6 Å². The van der Waals surface area contributed by atoms with Crippen LogP contribution in [0.3, 0.4) is 0 Å². The maximum Gasteiger partial charge on any atom is 0.0884 e. The molecule has 0 radical (unpaired) electrons. The molecule has 1 aromatic heterocycles. The molecule has 0 aliphatic rings. The van der Waals surface area contributed by atoms with Crippen LogP contribution in [0.2, 0.25) is 0 Å². The van der Waals surface area contributed by atoms with Gasteiger partial charge in [-0.2, -0.15) is 5.26 Å². The second-order valence-electron chi connectivity index (χ2n) is 3.69. The quantitative estimate of drug-likeness (QED) is 0.748. The molecule has 1 atom stereocenters. The predicted octanol–water partition coefficient (Wildman–Crippen LogP) is 2.85. The minimum atomic E-state index is -0.0860. The van der Waals surface area contributed by atoms with Crippen molar-refractivity contribution in [2.45, 2.75) is 38.5 Å². The molecular weight excluding hydrogens is 186 g/mol. The summed E-state index contributed by atoms with van der Waals surface area (Å²) in [7, 11) is 0. The summed E-state index contributed by atoms with van der Waals surface area (Å²) < 4.78 is 0. The summed E-state index contributed by atoms with van der Waals surface area (Å²) in [6, 6.07) is 5.93. The third kappa shape index (κ3) is 3.59. The van der Waals surface area contributed by atoms with Crippen LogP contribution in [0.1, 0.15) is 44.2 Å². The number of aromatic nitrogens is 1. The van der Waals surface area contributed by atoms with Gasteiger partial charge in [0.2, 0.25) is 0 Å². The molecule has 1 rings (SSSR count). The number of nitriles is 1. The molecule has 1 aromatic rings. The number of anilines is 1. The van der Waals surface area contributed by atoms with Crippen molar-refractivity contribution in [2.24, 2.45) is 0 Å². The molecule has 0 aliphatic carbocycles. The summed E-state index contributed by atoms with van der Waals surface area (Å²) in [4.78, 5) is 4.18. The van der Waals surface area contributed by atoms with Gasteiger partial charge in [0.1, 0.15) is 0 Å². The molecule has 1 unspecified atom stereocenters. The molecular formula is C12H17N3. The van der Waals surface area contributed by atoms with Gasteiger partial charge >= 0.3 is 0 Å². The van der Waals surface area contributed by atoms with E-state index in [4.69, 9.17) is 11.0 Å². The Bertz CT molecular complexity index is 324. The summed E-state index contributed by atoms with van der Waals surface area (Å²) >= 11 is 0. The fraction of sp³-hybridized carbons (Fsp3) is 0.500. The van der Waals surface area contributed by atoms with Gasteiger partial charge in [-0.1, -0.05) is 26.2 Å². The monoisotopic (exact) mass is 203 g/mol. The predicted molar refractivity (Wildman–Crippen MR) is 61.1 cm³/mol. The highest BCUT2D eigenvalue weighted by atomic mass is 14.7. The van der Waals surface area contributed by atoms with Gasteiger partial charge in [0, 0.05) is 0 Å². The van der Waals surface area contributed by atoms with E-state index in [0.717, 1.165) is 18.5 Å². The lowest BCUT2D eigenvalue weighted by molar-refractivity contribution is 0.626. The lowest BCUT2D eigenvalue weighted by atomic mass is 9.99. The standard InChI is InChI=1S/C12H17N3/c1-2-3-4-5-10(8-13)12-7-6-11(14)9-15-12/h6-7,9-10H,2-5,14H2,1H3. The molecule has 3 heteroatoms. The van der Waals surface area contributed by atoms with Crippen LogP contribution in [0.4, 0.5) is 5.69 Å². The summed E-state index contributed by atoms with van der Waals surface area (Å²) in [5, 5.41) is 9.03. The largest absolute Gasteiger partial charge is 0.397 e. The van der Waals surface area contributed by atoms with Crippen molar-refractivity contribution in [3.05, 3.63) is 24.0 Å². The molecule has 0 aromatic carbocycles. The zero-order valence-electron chi connectivity index (χ0n) is 9.11. The number of rotatable bonds is 5. The van der Waals surface area contributed by atoms with Crippen LogP contribution in [0.5, 0.6) is 0 Å². The summed E-state index contributed by atoms with van der Waals surface area (Å²) in [6.07, 6.45) is 5.93. The number of nitrogen functional groups attached to an aromatic ring is 1. The first-order valence-electron chi connectivity index (χ1n) is 5.39. The van der Waals surface area contributed by atoms with Gasteiger partial charge in [0.25, 0.3) is 0 Å². The van der Waals surface area contributed by atoms with Gasteiger partial charge in [0.05, 0.1) is 29.6 Å². The maximum atomic E-state index is 9.03. The third-order valence-electron chi connectivity index (χ3n) is 2.42. The fourth-order valence-corrected chi connectivity index (χ4v) is 1.50. The van der Waals surface area contributed by atoms with E-state index in [-0.39, 0.29) is 5.92 Å². The molecule has 0 amide bonds. The van der Waals surface area contributed by atoms with Crippen molar-refractivity contribution in [1.82, 2.24) is 4.98 Å². The Hall–Kier alpha value is -1.56. The fourth-order valence-electron chi connectivity index (χ4n) is 1.50. The number of unbranched alkanes of at least 4 members (excludes halogenated alkanes) is 2. The highest BCUT2D eigenvalue weighted by molar-refractivity contribution is 5.36. The number of hydrogen-bond donors (Lipinski definition) is 1. The molecule has 15 heavy (non-hydrogen) atoms. The van der Waals surface area contributed by atoms with Crippen LogP contribution in [0.15, 0.2) is 18.3 Å². The average Bonchev–Trinajstić information content (AvgIpc) is 2.26. The van der Waals surface area contributed by atoms with Crippen LogP contribution in [-0.2, 0) is 0 Å². The minimum Gasteiger partial charge on any atom is -0.397 e. The molecule has 0 fully saturated rings. The van der Waals surface area contributed by atoms with E-state index in [2.05, 4.69) is 18.0 Å². The van der Waals surface area contributed by atoms with Crippen LogP contribution in [-0.4, -0.2) is 4.98 Å². The smallest absolute Gasteiger partial charge is 0.0884 e. The molecule has 0 spiro atoms. The van der Waals surface area contributed by atoms with Crippen LogP contribution in [0.25, 0.3) is 0 Å². The number of nitrogens with zero attached hydrogens (tertiary/aromatic N) is 2. The normalized spacial score (nSPS) is 12.0. The minimum absolute atomic E-state index is 0.0860. The second kappa shape index (κ2) is 6.02. The van der Waals surface area contributed by atoms with Crippen LogP contribution >= 0.6 is 0 Å². The van der Waals surface area contributed by atoms with E-state index in [0.29, 0.717) is 5.69 Å². The molecule has 0 aliphatic heterocycles. The molecule has 80 valence electrons. The zero-order valence-corrected chi connectivity index (χ0v) is 9.11. The Morgan fingerprint density at radius 1 is 1.47 bits per heavy atom. The van der Waals surface area contributed by atoms with Crippen molar-refractivity contribution >= 4 is 5.69 Å². The molecule has 0 saturated heterocycles. The Morgan fingerprint density at radius 2 is 2.27 bits per heavy atom. The number of pyridine rings is 1. The van der Waals surface area contributed by atoms with Crippen molar-refractivity contribution in [2.75, 3.05) is 5.73 Å². The highest BCUT2D eigenvalue weighted by Gasteiger charge is 2.10. The Morgan fingerprint density at radius 3 is 2.80 bits per heavy atom. The van der Waals surface area contributed by atoms with E-state index in [1.807, 2.05) is 6.07 Å². The second-order valence-corrected chi connectivity index (χ2v) is 3.69. The van der Waals surface area contributed by atoms with E-state index in [1.165, 1.54) is 12.8 Å². The van der Waals surface area contributed by atoms with Gasteiger partial charge < -0.3 is 5.73 Å². The Balaban J connectivity index is 2.59. The first-order chi connectivity index (χ1) is 7.27. The van der Waals surface area contributed by atoms with Gasteiger partial charge in [0.15, 0.2) is 0 Å². The van der Waals surface area contributed by atoms with Crippen LogP contribution < -0.4 is 5.73 Å². The zero-order chi connectivity index (χ0) is 11.1. The highest BCUT2D eigenvalue weighted by Crippen LogP contribution is 2.20.